The van der Waals surface area contributed by atoms with Crippen LogP contribution in [-0.2, 0) is 0 Å². The normalized spacial score (nSPS) is 15.2. The number of halogens is 1. The number of alkyl halides is 1. The van der Waals surface area contributed by atoms with Crippen LogP contribution in [0.1, 0.15) is 45.1 Å². The van der Waals surface area contributed by atoms with Crippen LogP contribution < -0.4 is 0 Å². The number of hydrogen-bond donors (Lipinski definition) is 0. The Morgan fingerprint density at radius 1 is 1.22 bits per heavy atom. The third kappa shape index (κ3) is 5.55. The van der Waals surface area contributed by atoms with E-state index >= 15 is 0 Å². The summed E-state index contributed by atoms with van der Waals surface area (Å²) in [5.41, 5.74) is 3.92. The van der Waals surface area contributed by atoms with Crippen LogP contribution in [0.2, 0.25) is 0 Å². The van der Waals surface area contributed by atoms with E-state index in [0.29, 0.717) is 5.92 Å². The highest BCUT2D eigenvalue weighted by molar-refractivity contribution is 6.20. The first kappa shape index (κ1) is 15.0. The zero-order valence-corrected chi connectivity index (χ0v) is 12.4. The Morgan fingerprint density at radius 3 is 2.33 bits per heavy atom. The molecule has 0 N–H and O–H groups in total. The quantitative estimate of drug-likeness (QED) is 0.456. The van der Waals surface area contributed by atoms with E-state index in [0.717, 1.165) is 12.8 Å². The zero-order chi connectivity index (χ0) is 13.5. The summed E-state index contributed by atoms with van der Waals surface area (Å²) in [5.74, 6) is 0.416. The van der Waals surface area contributed by atoms with Crippen LogP contribution in [0.5, 0.6) is 0 Å². The van der Waals surface area contributed by atoms with Gasteiger partial charge in [-0.15, -0.1) is 18.2 Å². The second-order valence-corrected chi connectivity index (χ2v) is 5.92. The fourth-order valence-electron chi connectivity index (χ4n) is 2.20. The maximum atomic E-state index is 6.05. The van der Waals surface area contributed by atoms with Crippen molar-refractivity contribution in [3.63, 3.8) is 0 Å². The van der Waals surface area contributed by atoms with Crippen molar-refractivity contribution in [1.82, 2.24) is 0 Å². The molecule has 0 aromatic heterocycles. The molecule has 1 aromatic carbocycles. The molecular weight excluding hydrogens is 240 g/mol. The fraction of sp³-hybridized carbons (Fsp3) is 0.412. The molecule has 0 aliphatic carbocycles. The van der Waals surface area contributed by atoms with Gasteiger partial charge < -0.3 is 0 Å². The number of benzene rings is 1. The number of rotatable bonds is 6. The highest BCUT2D eigenvalue weighted by Crippen LogP contribution is 2.26. The molecule has 0 bridgehead atoms. The molecule has 18 heavy (non-hydrogen) atoms. The predicted molar refractivity (Wildman–Crippen MR) is 82.3 cm³/mol. The van der Waals surface area contributed by atoms with Crippen LogP contribution in [0.4, 0.5) is 0 Å². The van der Waals surface area contributed by atoms with Gasteiger partial charge in [-0.3, -0.25) is 0 Å². The highest BCUT2D eigenvalue weighted by atomic mass is 35.5. The smallest absolute Gasteiger partial charge is 0.0344 e. The van der Waals surface area contributed by atoms with Gasteiger partial charge in [-0.1, -0.05) is 47.6 Å². The van der Waals surface area contributed by atoms with E-state index in [1.165, 1.54) is 16.7 Å². The van der Waals surface area contributed by atoms with E-state index < -0.39 is 0 Å². The largest absolute Gasteiger partial charge is 0.123 e. The van der Waals surface area contributed by atoms with Crippen LogP contribution in [0.15, 0.2) is 54.1 Å². The van der Waals surface area contributed by atoms with Gasteiger partial charge >= 0.3 is 0 Å². The van der Waals surface area contributed by atoms with Gasteiger partial charge in [0, 0.05) is 11.3 Å². The maximum Gasteiger partial charge on any atom is 0.0344 e. The summed E-state index contributed by atoms with van der Waals surface area (Å²) in [6, 6.07) is 10.6. The summed E-state index contributed by atoms with van der Waals surface area (Å²) in [6.45, 7) is 10.3. The Bertz CT molecular complexity index is 401. The monoisotopic (exact) mass is 262 g/mol. The van der Waals surface area contributed by atoms with Crippen molar-refractivity contribution in [3.05, 3.63) is 59.7 Å². The van der Waals surface area contributed by atoms with Crippen LogP contribution in [0.3, 0.4) is 0 Å². The van der Waals surface area contributed by atoms with Crippen molar-refractivity contribution in [2.45, 2.75) is 44.9 Å². The molecule has 0 nitrogen and oxygen atoms in total. The van der Waals surface area contributed by atoms with E-state index in [9.17, 15) is 0 Å². The second kappa shape index (κ2) is 7.43. The zero-order valence-electron chi connectivity index (χ0n) is 11.6. The van der Waals surface area contributed by atoms with Crippen molar-refractivity contribution >= 4 is 11.6 Å². The molecular formula is C17H23Cl. The summed E-state index contributed by atoms with van der Waals surface area (Å²) < 4.78 is 0. The van der Waals surface area contributed by atoms with Gasteiger partial charge in [-0.2, -0.15) is 0 Å². The summed E-state index contributed by atoms with van der Waals surface area (Å²) in [6.07, 6.45) is 4.28. The van der Waals surface area contributed by atoms with Gasteiger partial charge in [-0.05, 0) is 39.2 Å². The number of allylic oxidation sites excluding steroid dienone is 3. The lowest BCUT2D eigenvalue weighted by molar-refractivity contribution is 0.803. The molecule has 0 saturated heterocycles. The van der Waals surface area contributed by atoms with E-state index in [4.69, 9.17) is 11.6 Å². The van der Waals surface area contributed by atoms with Gasteiger partial charge in [0.15, 0.2) is 0 Å². The average molecular weight is 263 g/mol. The average Bonchev–Trinajstić information content (AvgIpc) is 2.27. The molecule has 0 spiro atoms. The predicted octanol–water partition coefficient (Wildman–Crippen LogP) is 5.70. The van der Waals surface area contributed by atoms with Crippen LogP contribution in [0.25, 0.3) is 0 Å². The summed E-state index contributed by atoms with van der Waals surface area (Å²) in [4.78, 5) is 0. The fourth-order valence-corrected chi connectivity index (χ4v) is 2.45. The van der Waals surface area contributed by atoms with E-state index in [-0.39, 0.29) is 5.38 Å². The minimum absolute atomic E-state index is 0.197. The lowest BCUT2D eigenvalue weighted by Gasteiger charge is -2.15. The minimum atomic E-state index is 0.197. The van der Waals surface area contributed by atoms with Crippen molar-refractivity contribution in [2.24, 2.45) is 0 Å². The van der Waals surface area contributed by atoms with Crippen molar-refractivity contribution in [2.75, 3.05) is 0 Å². The van der Waals surface area contributed by atoms with E-state index in [1.807, 2.05) is 6.92 Å². The Balaban J connectivity index is 2.89. The molecule has 0 radical (unpaired) electrons. The third-order valence-electron chi connectivity index (χ3n) is 2.89. The first-order chi connectivity index (χ1) is 8.49. The molecule has 2 atom stereocenters. The summed E-state index contributed by atoms with van der Waals surface area (Å²) >= 11 is 6.05. The Morgan fingerprint density at radius 2 is 1.83 bits per heavy atom. The second-order valence-electron chi connectivity index (χ2n) is 5.18. The Hall–Kier alpha value is -1.01. The van der Waals surface area contributed by atoms with E-state index in [1.54, 1.807) is 0 Å². The van der Waals surface area contributed by atoms with Gasteiger partial charge in [0.1, 0.15) is 0 Å². The molecule has 0 aliphatic rings. The van der Waals surface area contributed by atoms with Crippen molar-refractivity contribution in [3.8, 4) is 0 Å². The maximum absolute atomic E-state index is 6.05. The van der Waals surface area contributed by atoms with Crippen LogP contribution >= 0.6 is 11.6 Å². The van der Waals surface area contributed by atoms with Crippen molar-refractivity contribution < 1.29 is 0 Å². The first-order valence-corrected chi connectivity index (χ1v) is 6.93. The molecule has 0 heterocycles. The number of hydrogen-bond acceptors (Lipinski definition) is 0. The Kier molecular flexibility index (Phi) is 6.21. The molecule has 1 aromatic rings. The minimum Gasteiger partial charge on any atom is -0.123 e. The van der Waals surface area contributed by atoms with Gasteiger partial charge in [0.05, 0.1) is 0 Å². The molecule has 0 fully saturated rings. The third-order valence-corrected chi connectivity index (χ3v) is 3.04. The van der Waals surface area contributed by atoms with Gasteiger partial charge in [0.25, 0.3) is 0 Å². The van der Waals surface area contributed by atoms with Gasteiger partial charge in [-0.25, -0.2) is 0 Å². The lowest BCUT2D eigenvalue weighted by atomic mass is 9.90. The summed E-state index contributed by atoms with van der Waals surface area (Å²) in [5, 5.41) is 0.197. The Labute approximate surface area is 116 Å². The molecule has 2 unspecified atom stereocenters. The molecule has 0 saturated carbocycles. The van der Waals surface area contributed by atoms with Gasteiger partial charge in [0.2, 0.25) is 0 Å². The van der Waals surface area contributed by atoms with E-state index in [2.05, 4.69) is 56.8 Å². The molecule has 98 valence electrons. The molecule has 0 aliphatic heterocycles. The standard InChI is InChI=1S/C17H23Cl/c1-13(2)10-17(12-14(3)11-15(4)18)16-8-6-5-7-9-16/h5-9,12,15,17H,1,10-11H2,2-4H3. The first-order valence-electron chi connectivity index (χ1n) is 6.49. The van der Waals surface area contributed by atoms with Crippen molar-refractivity contribution in [1.29, 1.82) is 0 Å². The highest BCUT2D eigenvalue weighted by Gasteiger charge is 2.09. The molecule has 1 rings (SSSR count). The summed E-state index contributed by atoms with van der Waals surface area (Å²) in [7, 11) is 0. The molecule has 0 amide bonds. The van der Waals surface area contributed by atoms with Crippen LogP contribution in [-0.4, -0.2) is 5.38 Å². The van der Waals surface area contributed by atoms with Crippen LogP contribution in [0, 0.1) is 0 Å². The lowest BCUT2D eigenvalue weighted by Crippen LogP contribution is -1.99. The molecule has 1 heteroatoms. The SMILES string of the molecule is C=C(C)CC(C=C(C)CC(C)Cl)c1ccccc1. The topological polar surface area (TPSA) is 0 Å².